The van der Waals surface area contributed by atoms with Crippen molar-refractivity contribution in [3.05, 3.63) is 18.2 Å². The van der Waals surface area contributed by atoms with Crippen molar-refractivity contribution >= 4 is 17.6 Å². The SMILES string of the molecule is COc1ccc(OC)c(NC(=O)CN(C)C(C)C(=O)O)c1. The molecular weight excluding hydrogens is 276 g/mol. The van der Waals surface area contributed by atoms with E-state index in [2.05, 4.69) is 5.32 Å². The first-order valence-corrected chi connectivity index (χ1v) is 6.34. The van der Waals surface area contributed by atoms with Crippen LogP contribution in [-0.2, 0) is 9.59 Å². The van der Waals surface area contributed by atoms with Crippen molar-refractivity contribution < 1.29 is 24.2 Å². The maximum atomic E-state index is 12.0. The Morgan fingerprint density at radius 1 is 1.33 bits per heavy atom. The number of aliphatic carboxylic acids is 1. The van der Waals surface area contributed by atoms with Crippen LogP contribution in [0.5, 0.6) is 11.5 Å². The van der Waals surface area contributed by atoms with Gasteiger partial charge in [-0.1, -0.05) is 0 Å². The summed E-state index contributed by atoms with van der Waals surface area (Å²) in [6, 6.07) is 4.28. The van der Waals surface area contributed by atoms with Crippen LogP contribution in [0.25, 0.3) is 0 Å². The van der Waals surface area contributed by atoms with Gasteiger partial charge in [0.1, 0.15) is 17.5 Å². The van der Waals surface area contributed by atoms with E-state index in [4.69, 9.17) is 14.6 Å². The number of amides is 1. The largest absolute Gasteiger partial charge is 0.497 e. The molecule has 1 amide bonds. The van der Waals surface area contributed by atoms with Gasteiger partial charge in [0.25, 0.3) is 0 Å². The summed E-state index contributed by atoms with van der Waals surface area (Å²) in [6.07, 6.45) is 0. The Balaban J connectivity index is 2.76. The third-order valence-corrected chi connectivity index (χ3v) is 3.09. The predicted octanol–water partition coefficient (Wildman–Crippen LogP) is 1.05. The summed E-state index contributed by atoms with van der Waals surface area (Å²) < 4.78 is 10.3. The van der Waals surface area contributed by atoms with E-state index >= 15 is 0 Å². The number of hydrogen-bond acceptors (Lipinski definition) is 5. The van der Waals surface area contributed by atoms with Crippen molar-refractivity contribution in [1.82, 2.24) is 4.90 Å². The zero-order valence-corrected chi connectivity index (χ0v) is 12.5. The van der Waals surface area contributed by atoms with Crippen LogP contribution >= 0.6 is 0 Å². The van der Waals surface area contributed by atoms with E-state index in [1.807, 2.05) is 0 Å². The average molecular weight is 296 g/mol. The summed E-state index contributed by atoms with van der Waals surface area (Å²) in [5.74, 6) is -0.238. The number of benzene rings is 1. The number of anilines is 1. The standard InChI is InChI=1S/C14H20N2O5/c1-9(14(18)19)16(2)8-13(17)15-11-7-10(20-3)5-6-12(11)21-4/h5-7,9H,8H2,1-4H3,(H,15,17)(H,18,19). The summed E-state index contributed by atoms with van der Waals surface area (Å²) in [5, 5.41) is 11.6. The molecule has 116 valence electrons. The molecule has 0 aromatic heterocycles. The van der Waals surface area contributed by atoms with E-state index in [9.17, 15) is 9.59 Å². The second-order valence-electron chi connectivity index (χ2n) is 4.54. The Hall–Kier alpha value is -2.28. The highest BCUT2D eigenvalue weighted by molar-refractivity contribution is 5.94. The Morgan fingerprint density at radius 3 is 2.52 bits per heavy atom. The van der Waals surface area contributed by atoms with Crippen LogP contribution in [0.4, 0.5) is 5.69 Å². The summed E-state index contributed by atoms with van der Waals surface area (Å²) in [5.41, 5.74) is 0.471. The predicted molar refractivity (Wildman–Crippen MR) is 77.9 cm³/mol. The smallest absolute Gasteiger partial charge is 0.320 e. The van der Waals surface area contributed by atoms with Gasteiger partial charge in [-0.05, 0) is 26.1 Å². The number of likely N-dealkylation sites (N-methyl/N-ethyl adjacent to an activating group) is 1. The minimum atomic E-state index is -0.982. The number of carboxylic acid groups (broad SMARTS) is 1. The first kappa shape index (κ1) is 16.8. The first-order valence-electron chi connectivity index (χ1n) is 6.34. The Bertz CT molecular complexity index is 518. The van der Waals surface area contributed by atoms with E-state index in [0.29, 0.717) is 17.2 Å². The zero-order chi connectivity index (χ0) is 16.0. The third-order valence-electron chi connectivity index (χ3n) is 3.09. The molecular formula is C14H20N2O5. The summed E-state index contributed by atoms with van der Waals surface area (Å²) in [6.45, 7) is 1.47. The highest BCUT2D eigenvalue weighted by Gasteiger charge is 2.19. The fourth-order valence-electron chi connectivity index (χ4n) is 1.65. The van der Waals surface area contributed by atoms with Gasteiger partial charge in [0.2, 0.25) is 5.91 Å². The third kappa shape index (κ3) is 4.64. The van der Waals surface area contributed by atoms with Crippen molar-refractivity contribution in [2.45, 2.75) is 13.0 Å². The molecule has 0 aliphatic rings. The number of nitrogens with zero attached hydrogens (tertiary/aromatic N) is 1. The minimum absolute atomic E-state index is 0.0478. The van der Waals surface area contributed by atoms with Crippen LogP contribution < -0.4 is 14.8 Å². The number of methoxy groups -OCH3 is 2. The van der Waals surface area contributed by atoms with Crippen molar-refractivity contribution in [1.29, 1.82) is 0 Å². The lowest BCUT2D eigenvalue weighted by Crippen LogP contribution is -2.40. The molecule has 0 saturated heterocycles. The van der Waals surface area contributed by atoms with Gasteiger partial charge in [-0.2, -0.15) is 0 Å². The van der Waals surface area contributed by atoms with Crippen molar-refractivity contribution in [3.63, 3.8) is 0 Å². The van der Waals surface area contributed by atoms with Crippen LogP contribution in [0.1, 0.15) is 6.92 Å². The van der Waals surface area contributed by atoms with Gasteiger partial charge in [-0.3, -0.25) is 14.5 Å². The van der Waals surface area contributed by atoms with E-state index in [1.54, 1.807) is 25.2 Å². The normalized spacial score (nSPS) is 11.9. The Morgan fingerprint density at radius 2 is 2.00 bits per heavy atom. The minimum Gasteiger partial charge on any atom is -0.497 e. The van der Waals surface area contributed by atoms with E-state index in [0.717, 1.165) is 0 Å². The molecule has 0 radical (unpaired) electrons. The van der Waals surface area contributed by atoms with Crippen molar-refractivity contribution in [2.24, 2.45) is 0 Å². The zero-order valence-electron chi connectivity index (χ0n) is 12.5. The van der Waals surface area contributed by atoms with Crippen LogP contribution in [0, 0.1) is 0 Å². The summed E-state index contributed by atoms with van der Waals surface area (Å²) in [7, 11) is 4.59. The molecule has 0 aliphatic carbocycles. The molecule has 0 aliphatic heterocycles. The molecule has 7 heteroatoms. The second-order valence-corrected chi connectivity index (χ2v) is 4.54. The lowest BCUT2D eigenvalue weighted by atomic mass is 10.2. The van der Waals surface area contributed by atoms with Gasteiger partial charge in [-0.15, -0.1) is 0 Å². The van der Waals surface area contributed by atoms with Crippen LogP contribution in [0.2, 0.25) is 0 Å². The van der Waals surface area contributed by atoms with Gasteiger partial charge in [0.15, 0.2) is 0 Å². The number of carbonyl (C=O) groups excluding carboxylic acids is 1. The van der Waals surface area contributed by atoms with Crippen LogP contribution in [0.3, 0.4) is 0 Å². The average Bonchev–Trinajstić information content (AvgIpc) is 2.45. The quantitative estimate of drug-likeness (QED) is 0.782. The summed E-state index contributed by atoms with van der Waals surface area (Å²) in [4.78, 5) is 24.3. The number of nitrogens with one attached hydrogen (secondary N) is 1. The molecule has 1 rings (SSSR count). The molecule has 1 unspecified atom stereocenters. The van der Waals surface area contributed by atoms with Crippen molar-refractivity contribution in [2.75, 3.05) is 33.1 Å². The molecule has 0 spiro atoms. The molecule has 1 aromatic carbocycles. The fourth-order valence-corrected chi connectivity index (χ4v) is 1.65. The molecule has 0 fully saturated rings. The monoisotopic (exact) mass is 296 g/mol. The topological polar surface area (TPSA) is 88.1 Å². The van der Waals surface area contributed by atoms with Gasteiger partial charge < -0.3 is 19.9 Å². The van der Waals surface area contributed by atoms with E-state index in [-0.39, 0.29) is 12.5 Å². The van der Waals surface area contributed by atoms with E-state index < -0.39 is 12.0 Å². The van der Waals surface area contributed by atoms with Gasteiger partial charge in [-0.25, -0.2) is 0 Å². The molecule has 0 bridgehead atoms. The van der Waals surface area contributed by atoms with Crippen molar-refractivity contribution in [3.8, 4) is 11.5 Å². The lowest BCUT2D eigenvalue weighted by molar-refractivity contribution is -0.142. The second kappa shape index (κ2) is 7.49. The molecule has 7 nitrogen and oxygen atoms in total. The number of carboxylic acids is 1. The lowest BCUT2D eigenvalue weighted by Gasteiger charge is -2.20. The molecule has 1 aromatic rings. The molecule has 0 saturated carbocycles. The highest BCUT2D eigenvalue weighted by atomic mass is 16.5. The van der Waals surface area contributed by atoms with Gasteiger partial charge >= 0.3 is 5.97 Å². The maximum absolute atomic E-state index is 12.0. The van der Waals surface area contributed by atoms with Gasteiger partial charge in [0.05, 0.1) is 26.5 Å². The van der Waals surface area contributed by atoms with Gasteiger partial charge in [0, 0.05) is 6.07 Å². The molecule has 1 atom stereocenters. The molecule has 0 heterocycles. The molecule has 2 N–H and O–H groups in total. The fraction of sp³-hybridized carbons (Fsp3) is 0.429. The summed E-state index contributed by atoms with van der Waals surface area (Å²) >= 11 is 0. The number of carbonyl (C=O) groups is 2. The van der Waals surface area contributed by atoms with Crippen LogP contribution in [-0.4, -0.2) is 55.7 Å². The highest BCUT2D eigenvalue weighted by Crippen LogP contribution is 2.28. The molecule has 21 heavy (non-hydrogen) atoms. The van der Waals surface area contributed by atoms with E-state index in [1.165, 1.54) is 26.0 Å². The number of hydrogen-bond donors (Lipinski definition) is 2. The first-order chi connectivity index (χ1) is 9.88. The number of rotatable bonds is 7. The van der Waals surface area contributed by atoms with Crippen LogP contribution in [0.15, 0.2) is 18.2 Å². The Kier molecular flexibility index (Phi) is 5.98. The number of ether oxygens (including phenoxy) is 2. The Labute approximate surface area is 123 Å². The maximum Gasteiger partial charge on any atom is 0.320 e.